The highest BCUT2D eigenvalue weighted by atomic mass is 35.5. The second kappa shape index (κ2) is 11.3. The van der Waals surface area contributed by atoms with E-state index in [0.717, 1.165) is 30.6 Å². The van der Waals surface area contributed by atoms with Crippen LogP contribution in [0.1, 0.15) is 43.7 Å². The van der Waals surface area contributed by atoms with Crippen LogP contribution in [-0.2, 0) is 16.1 Å². The second-order valence-corrected chi connectivity index (χ2v) is 9.85. The molecule has 0 radical (unpaired) electrons. The van der Waals surface area contributed by atoms with Crippen LogP contribution in [0.15, 0.2) is 47.4 Å². The van der Waals surface area contributed by atoms with Crippen molar-refractivity contribution in [2.45, 2.75) is 63.1 Å². The van der Waals surface area contributed by atoms with E-state index in [2.05, 4.69) is 5.32 Å². The molecule has 2 aromatic rings. The van der Waals surface area contributed by atoms with Crippen molar-refractivity contribution < 1.29 is 9.59 Å². The van der Waals surface area contributed by atoms with Crippen molar-refractivity contribution in [1.82, 2.24) is 10.2 Å². The SMILES string of the molecule is Cc1ccc(SCC(=O)N(Cc2c(Cl)cccc2Cl)C(C)C(=O)NC2CCCC2)cc1. The average molecular weight is 479 g/mol. The van der Waals surface area contributed by atoms with Crippen LogP contribution in [0.2, 0.25) is 10.0 Å². The van der Waals surface area contributed by atoms with Gasteiger partial charge in [0.05, 0.1) is 5.75 Å². The summed E-state index contributed by atoms with van der Waals surface area (Å²) in [7, 11) is 0. The molecule has 31 heavy (non-hydrogen) atoms. The van der Waals surface area contributed by atoms with E-state index in [-0.39, 0.29) is 30.2 Å². The van der Waals surface area contributed by atoms with Gasteiger partial charge in [0.25, 0.3) is 0 Å². The Balaban J connectivity index is 1.75. The maximum Gasteiger partial charge on any atom is 0.242 e. The summed E-state index contributed by atoms with van der Waals surface area (Å²) in [5, 5.41) is 4.08. The zero-order valence-corrected chi connectivity index (χ0v) is 20.2. The Morgan fingerprint density at radius 3 is 2.32 bits per heavy atom. The third-order valence-electron chi connectivity index (χ3n) is 5.64. The monoisotopic (exact) mass is 478 g/mol. The van der Waals surface area contributed by atoms with Gasteiger partial charge in [0, 0.05) is 33.1 Å². The minimum atomic E-state index is -0.626. The molecular formula is C24H28Cl2N2O2S. The minimum Gasteiger partial charge on any atom is -0.352 e. The van der Waals surface area contributed by atoms with Crippen molar-refractivity contribution in [3.63, 3.8) is 0 Å². The molecule has 1 aliphatic rings. The largest absolute Gasteiger partial charge is 0.352 e. The van der Waals surface area contributed by atoms with Gasteiger partial charge in [-0.15, -0.1) is 11.8 Å². The van der Waals surface area contributed by atoms with Gasteiger partial charge in [-0.1, -0.05) is 59.8 Å². The number of rotatable bonds is 8. The number of benzene rings is 2. The summed E-state index contributed by atoms with van der Waals surface area (Å²) < 4.78 is 0. The van der Waals surface area contributed by atoms with E-state index < -0.39 is 6.04 Å². The Labute approximate surface area is 198 Å². The Bertz CT molecular complexity index is 894. The summed E-state index contributed by atoms with van der Waals surface area (Å²) in [5.74, 6) is -0.0361. The van der Waals surface area contributed by atoms with Gasteiger partial charge < -0.3 is 10.2 Å². The predicted molar refractivity (Wildman–Crippen MR) is 129 cm³/mol. The number of halogens is 2. The Hall–Kier alpha value is -1.69. The molecule has 7 heteroatoms. The first kappa shape index (κ1) is 24.0. The third kappa shape index (κ3) is 6.64. The zero-order chi connectivity index (χ0) is 22.4. The summed E-state index contributed by atoms with van der Waals surface area (Å²) in [6, 6.07) is 12.9. The number of hydrogen-bond donors (Lipinski definition) is 1. The third-order valence-corrected chi connectivity index (χ3v) is 7.35. The van der Waals surface area contributed by atoms with Gasteiger partial charge in [0.15, 0.2) is 0 Å². The minimum absolute atomic E-state index is 0.129. The summed E-state index contributed by atoms with van der Waals surface area (Å²) in [6.07, 6.45) is 4.24. The Kier molecular flexibility index (Phi) is 8.70. The van der Waals surface area contributed by atoms with E-state index in [0.29, 0.717) is 15.6 Å². The van der Waals surface area contributed by atoms with Crippen molar-refractivity contribution in [2.24, 2.45) is 0 Å². The number of nitrogens with one attached hydrogen (secondary N) is 1. The molecule has 1 fully saturated rings. The lowest BCUT2D eigenvalue weighted by atomic mass is 10.1. The fourth-order valence-electron chi connectivity index (χ4n) is 3.69. The standard InChI is InChI=1S/C24H28Cl2N2O2S/c1-16-10-12-19(13-11-16)31-15-23(29)28(14-20-21(25)8-5-9-22(20)26)17(2)24(30)27-18-6-3-4-7-18/h5,8-13,17-18H,3-4,6-7,14-15H2,1-2H3,(H,27,30). The van der Waals surface area contributed by atoms with Crippen molar-refractivity contribution in [3.8, 4) is 0 Å². The molecule has 1 saturated carbocycles. The second-order valence-electron chi connectivity index (χ2n) is 7.99. The summed E-state index contributed by atoms with van der Waals surface area (Å²) in [4.78, 5) is 28.8. The summed E-state index contributed by atoms with van der Waals surface area (Å²) >= 11 is 14.2. The van der Waals surface area contributed by atoms with Crippen LogP contribution in [0.4, 0.5) is 0 Å². The van der Waals surface area contributed by atoms with Crippen LogP contribution < -0.4 is 5.32 Å². The molecule has 166 valence electrons. The number of nitrogens with zero attached hydrogens (tertiary/aromatic N) is 1. The van der Waals surface area contributed by atoms with Crippen molar-refractivity contribution in [1.29, 1.82) is 0 Å². The van der Waals surface area contributed by atoms with Crippen LogP contribution >= 0.6 is 35.0 Å². The van der Waals surface area contributed by atoms with Gasteiger partial charge in [0.2, 0.25) is 11.8 Å². The number of thioether (sulfide) groups is 1. The van der Waals surface area contributed by atoms with E-state index in [9.17, 15) is 9.59 Å². The molecular weight excluding hydrogens is 451 g/mol. The quantitative estimate of drug-likeness (QED) is 0.482. The van der Waals surface area contributed by atoms with Crippen LogP contribution in [0.25, 0.3) is 0 Å². The van der Waals surface area contributed by atoms with Crippen molar-refractivity contribution in [3.05, 3.63) is 63.6 Å². The molecule has 4 nitrogen and oxygen atoms in total. The molecule has 0 aromatic heterocycles. The molecule has 0 bridgehead atoms. The van der Waals surface area contributed by atoms with Gasteiger partial charge in [-0.25, -0.2) is 0 Å². The van der Waals surface area contributed by atoms with Gasteiger partial charge >= 0.3 is 0 Å². The van der Waals surface area contributed by atoms with E-state index in [1.54, 1.807) is 30.0 Å². The van der Waals surface area contributed by atoms with Crippen LogP contribution in [0.5, 0.6) is 0 Å². The van der Waals surface area contributed by atoms with Crippen LogP contribution in [0, 0.1) is 6.92 Å². The van der Waals surface area contributed by atoms with E-state index in [1.165, 1.54) is 17.3 Å². The Morgan fingerprint density at radius 2 is 1.71 bits per heavy atom. The molecule has 0 heterocycles. The maximum absolute atomic E-state index is 13.2. The number of aryl methyl sites for hydroxylation is 1. The first-order valence-corrected chi connectivity index (χ1v) is 12.3. The molecule has 0 spiro atoms. The fourth-order valence-corrected chi connectivity index (χ4v) is 4.99. The van der Waals surface area contributed by atoms with Crippen LogP contribution in [0.3, 0.4) is 0 Å². The lowest BCUT2D eigenvalue weighted by Crippen LogP contribution is -2.50. The van der Waals surface area contributed by atoms with Gasteiger partial charge in [-0.2, -0.15) is 0 Å². The summed E-state index contributed by atoms with van der Waals surface area (Å²) in [6.45, 7) is 3.98. The number of hydrogen-bond acceptors (Lipinski definition) is 3. The Morgan fingerprint density at radius 1 is 1.10 bits per heavy atom. The topological polar surface area (TPSA) is 49.4 Å². The van der Waals surface area contributed by atoms with Gasteiger partial charge in [0.1, 0.15) is 6.04 Å². The lowest BCUT2D eigenvalue weighted by molar-refractivity contribution is -0.138. The molecule has 0 aliphatic heterocycles. The van der Waals surface area contributed by atoms with E-state index in [4.69, 9.17) is 23.2 Å². The van der Waals surface area contributed by atoms with Crippen molar-refractivity contribution in [2.75, 3.05) is 5.75 Å². The van der Waals surface area contributed by atoms with E-state index >= 15 is 0 Å². The highest BCUT2D eigenvalue weighted by Crippen LogP contribution is 2.28. The molecule has 2 amide bonds. The molecule has 1 unspecified atom stereocenters. The first-order valence-electron chi connectivity index (χ1n) is 10.6. The molecule has 1 aliphatic carbocycles. The molecule has 0 saturated heterocycles. The fraction of sp³-hybridized carbons (Fsp3) is 0.417. The first-order chi connectivity index (χ1) is 14.8. The maximum atomic E-state index is 13.2. The van der Waals surface area contributed by atoms with Gasteiger partial charge in [-0.05, 0) is 51.0 Å². The molecule has 2 aromatic carbocycles. The summed E-state index contributed by atoms with van der Waals surface area (Å²) in [5.41, 5.74) is 1.82. The van der Waals surface area contributed by atoms with Crippen molar-refractivity contribution >= 4 is 46.8 Å². The average Bonchev–Trinajstić information content (AvgIpc) is 3.25. The highest BCUT2D eigenvalue weighted by molar-refractivity contribution is 8.00. The predicted octanol–water partition coefficient (Wildman–Crippen LogP) is 5.87. The van der Waals surface area contributed by atoms with E-state index in [1.807, 2.05) is 31.2 Å². The lowest BCUT2D eigenvalue weighted by Gasteiger charge is -2.30. The number of carbonyl (C=O) groups excluding carboxylic acids is 2. The zero-order valence-electron chi connectivity index (χ0n) is 17.9. The molecule has 1 N–H and O–H groups in total. The molecule has 3 rings (SSSR count). The highest BCUT2D eigenvalue weighted by Gasteiger charge is 2.29. The number of carbonyl (C=O) groups is 2. The normalized spacial score (nSPS) is 15.0. The smallest absolute Gasteiger partial charge is 0.242 e. The van der Waals surface area contributed by atoms with Gasteiger partial charge in [-0.3, -0.25) is 9.59 Å². The number of amides is 2. The molecule has 1 atom stereocenters. The van der Waals surface area contributed by atoms with Crippen LogP contribution in [-0.4, -0.2) is 34.6 Å².